The molecule has 122 valence electrons. The molecule has 1 amide bonds. The van der Waals surface area contributed by atoms with Crippen LogP contribution in [0.1, 0.15) is 23.9 Å². The number of hydrogen-bond donors (Lipinski definition) is 2. The molecule has 1 aromatic heterocycles. The zero-order valence-corrected chi connectivity index (χ0v) is 13.7. The molecular formula is C14H19Cl2FN4O. The quantitative estimate of drug-likeness (QED) is 0.867. The van der Waals surface area contributed by atoms with Gasteiger partial charge in [-0.15, -0.1) is 24.8 Å². The zero-order valence-electron chi connectivity index (χ0n) is 12.0. The summed E-state index contributed by atoms with van der Waals surface area (Å²) in [5.74, 6) is 0.0977. The highest BCUT2D eigenvalue weighted by molar-refractivity contribution is 5.85. The van der Waals surface area contributed by atoms with Gasteiger partial charge in [-0.25, -0.2) is 9.37 Å². The highest BCUT2D eigenvalue weighted by Gasteiger charge is 2.20. The Morgan fingerprint density at radius 1 is 1.45 bits per heavy atom. The number of imidazole rings is 1. The third kappa shape index (κ3) is 4.98. The summed E-state index contributed by atoms with van der Waals surface area (Å²) in [5, 5.41) is 2.84. The molecule has 0 saturated heterocycles. The second-order valence-electron chi connectivity index (χ2n) is 4.49. The lowest BCUT2D eigenvalue weighted by Crippen LogP contribution is -2.32. The maximum Gasteiger partial charge on any atom is 0.222 e. The first-order chi connectivity index (χ1) is 9.61. The van der Waals surface area contributed by atoms with Crippen molar-refractivity contribution in [1.82, 2.24) is 14.9 Å². The van der Waals surface area contributed by atoms with Crippen molar-refractivity contribution in [3.63, 3.8) is 0 Å². The first kappa shape index (κ1) is 20.4. The van der Waals surface area contributed by atoms with Crippen molar-refractivity contribution in [3.8, 4) is 0 Å². The summed E-state index contributed by atoms with van der Waals surface area (Å²) in [4.78, 5) is 16.0. The number of carbonyl (C=O) groups excluding carboxylic acids is 1. The van der Waals surface area contributed by atoms with Gasteiger partial charge in [0.25, 0.3) is 0 Å². The van der Waals surface area contributed by atoms with E-state index in [1.54, 1.807) is 29.1 Å². The Labute approximate surface area is 140 Å². The van der Waals surface area contributed by atoms with E-state index in [1.165, 1.54) is 12.1 Å². The van der Waals surface area contributed by atoms with E-state index in [9.17, 15) is 9.18 Å². The van der Waals surface area contributed by atoms with Gasteiger partial charge in [0.1, 0.15) is 17.7 Å². The first-order valence-corrected chi connectivity index (χ1v) is 6.34. The summed E-state index contributed by atoms with van der Waals surface area (Å²) >= 11 is 0. The molecule has 22 heavy (non-hydrogen) atoms. The molecule has 0 saturated carbocycles. The lowest BCUT2D eigenvalue weighted by molar-refractivity contribution is -0.121. The van der Waals surface area contributed by atoms with Crippen molar-refractivity contribution in [1.29, 1.82) is 0 Å². The number of benzene rings is 1. The number of aryl methyl sites for hydroxylation is 1. The number of carbonyl (C=O) groups is 1. The summed E-state index contributed by atoms with van der Waals surface area (Å²) in [7, 11) is 1.82. The van der Waals surface area contributed by atoms with Gasteiger partial charge in [-0.05, 0) is 17.7 Å². The first-order valence-electron chi connectivity index (χ1n) is 6.34. The normalized spacial score (nSPS) is 11.0. The average molecular weight is 349 g/mol. The summed E-state index contributed by atoms with van der Waals surface area (Å²) in [5.41, 5.74) is 6.02. The molecular weight excluding hydrogens is 330 g/mol. The third-order valence-corrected chi connectivity index (χ3v) is 2.98. The smallest absolute Gasteiger partial charge is 0.222 e. The number of nitrogens with one attached hydrogen (secondary N) is 1. The number of nitrogens with two attached hydrogens (primary N) is 1. The Morgan fingerprint density at radius 2 is 2.18 bits per heavy atom. The van der Waals surface area contributed by atoms with Crippen molar-refractivity contribution in [2.75, 3.05) is 6.54 Å². The molecule has 0 bridgehead atoms. The molecule has 1 unspecified atom stereocenters. The molecule has 0 aliphatic carbocycles. The van der Waals surface area contributed by atoms with E-state index >= 15 is 0 Å². The van der Waals surface area contributed by atoms with Crippen LogP contribution in [0.4, 0.5) is 4.39 Å². The van der Waals surface area contributed by atoms with E-state index in [1.807, 2.05) is 7.05 Å². The van der Waals surface area contributed by atoms with Crippen molar-refractivity contribution in [2.24, 2.45) is 12.8 Å². The van der Waals surface area contributed by atoms with Crippen molar-refractivity contribution < 1.29 is 9.18 Å². The molecule has 1 atom stereocenters. The van der Waals surface area contributed by atoms with E-state index in [0.29, 0.717) is 11.4 Å². The molecule has 5 nitrogen and oxygen atoms in total. The number of hydrogen-bond acceptors (Lipinski definition) is 3. The van der Waals surface area contributed by atoms with Gasteiger partial charge in [0.15, 0.2) is 0 Å². The van der Waals surface area contributed by atoms with E-state index in [4.69, 9.17) is 5.73 Å². The molecule has 3 N–H and O–H groups in total. The van der Waals surface area contributed by atoms with E-state index < -0.39 is 6.04 Å². The van der Waals surface area contributed by atoms with Gasteiger partial charge in [0, 0.05) is 32.4 Å². The van der Waals surface area contributed by atoms with Gasteiger partial charge in [0.05, 0.1) is 0 Å². The van der Waals surface area contributed by atoms with E-state index in [-0.39, 0.29) is 49.5 Å². The second kappa shape index (κ2) is 9.40. The Kier molecular flexibility index (Phi) is 8.70. The lowest BCUT2D eigenvalue weighted by atomic mass is 10.1. The van der Waals surface area contributed by atoms with Gasteiger partial charge in [-0.3, -0.25) is 4.79 Å². The molecule has 0 aliphatic rings. The van der Waals surface area contributed by atoms with Gasteiger partial charge in [0.2, 0.25) is 5.91 Å². The Balaban J connectivity index is 0.00000220. The number of halogens is 3. The van der Waals surface area contributed by atoms with Gasteiger partial charge >= 0.3 is 0 Å². The maximum atomic E-state index is 13.4. The van der Waals surface area contributed by atoms with Crippen LogP contribution in [0, 0.1) is 5.82 Å². The Bertz CT molecular complexity index is 606. The van der Waals surface area contributed by atoms with Crippen LogP contribution in [-0.2, 0) is 11.8 Å². The van der Waals surface area contributed by atoms with Crippen LogP contribution in [-0.4, -0.2) is 22.0 Å². The summed E-state index contributed by atoms with van der Waals surface area (Å²) in [6, 6.07) is 5.62. The van der Waals surface area contributed by atoms with E-state index in [0.717, 1.165) is 0 Å². The van der Waals surface area contributed by atoms with Crippen LogP contribution in [0.15, 0.2) is 36.7 Å². The molecule has 0 spiro atoms. The number of aromatic nitrogens is 2. The number of nitrogens with zero attached hydrogens (tertiary/aromatic N) is 2. The predicted octanol–water partition coefficient (Wildman–Crippen LogP) is 1.96. The van der Waals surface area contributed by atoms with Crippen LogP contribution < -0.4 is 11.1 Å². The minimum atomic E-state index is -0.496. The number of amides is 1. The fourth-order valence-corrected chi connectivity index (χ4v) is 2.00. The monoisotopic (exact) mass is 348 g/mol. The number of rotatable bonds is 5. The molecule has 0 fully saturated rings. The molecule has 1 heterocycles. The van der Waals surface area contributed by atoms with E-state index in [2.05, 4.69) is 10.3 Å². The molecule has 0 radical (unpaired) electrons. The molecule has 2 rings (SSSR count). The highest BCUT2D eigenvalue weighted by Crippen LogP contribution is 2.21. The minimum Gasteiger partial charge on any atom is -0.342 e. The second-order valence-corrected chi connectivity index (χ2v) is 4.49. The fourth-order valence-electron chi connectivity index (χ4n) is 2.00. The minimum absolute atomic E-state index is 0. The van der Waals surface area contributed by atoms with Crippen molar-refractivity contribution in [3.05, 3.63) is 53.9 Å². The largest absolute Gasteiger partial charge is 0.342 e. The fraction of sp³-hybridized carbons (Fsp3) is 0.286. The molecule has 0 aliphatic heterocycles. The van der Waals surface area contributed by atoms with Gasteiger partial charge < -0.3 is 15.6 Å². The lowest BCUT2D eigenvalue weighted by Gasteiger charge is -2.19. The van der Waals surface area contributed by atoms with Crippen molar-refractivity contribution >= 4 is 30.7 Å². The predicted molar refractivity (Wildman–Crippen MR) is 87.8 cm³/mol. The summed E-state index contributed by atoms with van der Waals surface area (Å²) < 4.78 is 15.2. The Morgan fingerprint density at radius 3 is 2.73 bits per heavy atom. The van der Waals surface area contributed by atoms with Crippen LogP contribution in [0.25, 0.3) is 0 Å². The highest BCUT2D eigenvalue weighted by atomic mass is 35.5. The SMILES string of the molecule is Cl.Cl.Cn1ccnc1C(NC(=O)CCN)c1cccc(F)c1. The van der Waals surface area contributed by atoms with Crippen LogP contribution in [0.2, 0.25) is 0 Å². The maximum absolute atomic E-state index is 13.4. The topological polar surface area (TPSA) is 72.9 Å². The standard InChI is InChI=1S/C14H17FN4O.2ClH/c1-19-8-7-17-14(19)13(18-12(20)5-6-16)10-3-2-4-11(15)9-10;;/h2-4,7-9,13H,5-6,16H2,1H3,(H,18,20);2*1H. The third-order valence-electron chi connectivity index (χ3n) is 2.98. The average Bonchev–Trinajstić information content (AvgIpc) is 2.82. The van der Waals surface area contributed by atoms with Crippen LogP contribution in [0.5, 0.6) is 0 Å². The van der Waals surface area contributed by atoms with Gasteiger partial charge in [-0.1, -0.05) is 12.1 Å². The molecule has 8 heteroatoms. The molecule has 1 aromatic carbocycles. The molecule has 2 aromatic rings. The summed E-state index contributed by atoms with van der Waals surface area (Å²) in [6.45, 7) is 0.266. The van der Waals surface area contributed by atoms with Crippen molar-refractivity contribution in [2.45, 2.75) is 12.5 Å². The van der Waals surface area contributed by atoms with Crippen LogP contribution >= 0.6 is 24.8 Å². The summed E-state index contributed by atoms with van der Waals surface area (Å²) in [6.07, 6.45) is 3.63. The zero-order chi connectivity index (χ0) is 14.5. The Hall–Kier alpha value is -1.63. The van der Waals surface area contributed by atoms with Gasteiger partial charge in [-0.2, -0.15) is 0 Å². The van der Waals surface area contributed by atoms with Crippen LogP contribution in [0.3, 0.4) is 0 Å².